The number of piperidine rings is 1. The number of halogens is 6. The van der Waals surface area contributed by atoms with E-state index in [-0.39, 0.29) is 42.2 Å². The maximum atomic E-state index is 13.0. The molecule has 11 heteroatoms. The lowest BCUT2D eigenvalue weighted by Crippen LogP contribution is -2.48. The van der Waals surface area contributed by atoms with Crippen LogP contribution in [0.25, 0.3) is 0 Å². The van der Waals surface area contributed by atoms with Crippen LogP contribution in [-0.2, 0) is 12.4 Å². The number of pyridine rings is 1. The van der Waals surface area contributed by atoms with E-state index >= 15 is 0 Å². The molecule has 2 atom stereocenters. The molecule has 33 heavy (non-hydrogen) atoms. The van der Waals surface area contributed by atoms with Crippen molar-refractivity contribution < 1.29 is 40.7 Å². The van der Waals surface area contributed by atoms with Crippen LogP contribution in [0.2, 0.25) is 0 Å². The van der Waals surface area contributed by atoms with Crippen molar-refractivity contribution in [2.24, 2.45) is 0 Å². The second-order valence-electron chi connectivity index (χ2n) is 8.02. The molecule has 0 unspecified atom stereocenters. The summed E-state index contributed by atoms with van der Waals surface area (Å²) in [7, 11) is 0. The van der Waals surface area contributed by atoms with Crippen molar-refractivity contribution >= 4 is 0 Å². The van der Waals surface area contributed by atoms with Gasteiger partial charge in [-0.3, -0.25) is 0 Å². The number of hydrogen-bond donors (Lipinski definition) is 0. The summed E-state index contributed by atoms with van der Waals surface area (Å²) in [6.07, 6.45) is -5.80. The van der Waals surface area contributed by atoms with Gasteiger partial charge in [0.15, 0.2) is 11.5 Å². The van der Waals surface area contributed by atoms with Gasteiger partial charge in [0.05, 0.1) is 17.7 Å². The van der Waals surface area contributed by atoms with E-state index in [1.807, 2.05) is 0 Å². The minimum Gasteiger partial charge on any atom is -0.490 e. The second-order valence-corrected chi connectivity index (χ2v) is 8.02. The van der Waals surface area contributed by atoms with E-state index in [1.54, 1.807) is 12.0 Å². The van der Waals surface area contributed by atoms with Gasteiger partial charge in [0.25, 0.3) is 0 Å². The summed E-state index contributed by atoms with van der Waals surface area (Å²) in [5.74, 6) is 0.348. The first-order chi connectivity index (χ1) is 15.5. The number of ether oxygens (including phenoxy) is 2. The van der Waals surface area contributed by atoms with E-state index in [9.17, 15) is 26.3 Å². The van der Waals surface area contributed by atoms with Crippen molar-refractivity contribution in [1.82, 2.24) is 10.0 Å². The Hall–Kier alpha value is -2.69. The lowest BCUT2D eigenvalue weighted by Gasteiger charge is -2.37. The Morgan fingerprint density at radius 1 is 0.909 bits per heavy atom. The average molecular weight is 476 g/mol. The quantitative estimate of drug-likeness (QED) is 0.487. The third-order valence-corrected chi connectivity index (χ3v) is 5.75. The van der Waals surface area contributed by atoms with Gasteiger partial charge in [-0.15, -0.1) is 5.06 Å². The van der Waals surface area contributed by atoms with Crippen LogP contribution in [0.1, 0.15) is 43.7 Å². The molecule has 1 aromatic carbocycles. The van der Waals surface area contributed by atoms with Crippen LogP contribution in [0.15, 0.2) is 36.5 Å². The van der Waals surface area contributed by atoms with Crippen molar-refractivity contribution in [3.8, 4) is 17.4 Å². The van der Waals surface area contributed by atoms with Crippen LogP contribution in [-0.4, -0.2) is 34.8 Å². The Morgan fingerprint density at radius 3 is 2.09 bits per heavy atom. The van der Waals surface area contributed by atoms with Gasteiger partial charge in [0.2, 0.25) is 5.88 Å². The molecule has 0 amide bonds. The molecule has 2 aromatic rings. The molecule has 2 fully saturated rings. The molecule has 4 rings (SSSR count). The molecule has 0 aliphatic carbocycles. The molecule has 0 radical (unpaired) electrons. The Labute approximate surface area is 186 Å². The summed E-state index contributed by atoms with van der Waals surface area (Å²) in [6, 6.07) is 5.15. The zero-order chi connectivity index (χ0) is 23.8. The van der Waals surface area contributed by atoms with Crippen molar-refractivity contribution in [2.45, 2.75) is 63.1 Å². The highest BCUT2D eigenvalue weighted by molar-refractivity contribution is 5.44. The topological polar surface area (TPSA) is 43.8 Å². The predicted octanol–water partition coefficient (Wildman–Crippen LogP) is 5.89. The maximum absolute atomic E-state index is 13.0. The lowest BCUT2D eigenvalue weighted by molar-refractivity contribution is -0.143. The summed E-state index contributed by atoms with van der Waals surface area (Å²) in [6.45, 7) is 1.87. The lowest BCUT2D eigenvalue weighted by atomic mass is 10.0. The van der Waals surface area contributed by atoms with Gasteiger partial charge in [-0.2, -0.15) is 26.3 Å². The van der Waals surface area contributed by atoms with Gasteiger partial charge < -0.3 is 14.3 Å². The summed E-state index contributed by atoms with van der Waals surface area (Å²) in [5.41, 5.74) is -1.67. The summed E-state index contributed by atoms with van der Waals surface area (Å²) in [5, 5.41) is 1.74. The van der Waals surface area contributed by atoms with Crippen LogP contribution < -0.4 is 14.3 Å². The number of benzene rings is 1. The van der Waals surface area contributed by atoms with Gasteiger partial charge in [0.1, 0.15) is 6.10 Å². The first-order valence-electron chi connectivity index (χ1n) is 10.5. The van der Waals surface area contributed by atoms with Gasteiger partial charge in [-0.25, -0.2) is 4.98 Å². The molecule has 0 spiro atoms. The Kier molecular flexibility index (Phi) is 6.35. The van der Waals surface area contributed by atoms with Crippen LogP contribution in [0.3, 0.4) is 0 Å². The number of fused-ring (bicyclic) bond motifs is 2. The number of alkyl halides is 6. The SMILES string of the molecule is CCOc1cc(C(F)(F)F)ccc1OC1C[C@H]2CC[C@H](C1)N2Oc1ccc(C(F)(F)F)cn1. The highest BCUT2D eigenvalue weighted by Crippen LogP contribution is 2.41. The largest absolute Gasteiger partial charge is 0.490 e. The van der Waals surface area contributed by atoms with E-state index < -0.39 is 23.5 Å². The highest BCUT2D eigenvalue weighted by atomic mass is 19.4. The Bertz CT molecular complexity index is 950. The molecule has 0 N–H and O–H groups in total. The first-order valence-corrected chi connectivity index (χ1v) is 10.5. The van der Waals surface area contributed by atoms with E-state index in [4.69, 9.17) is 14.3 Å². The van der Waals surface area contributed by atoms with Gasteiger partial charge in [-0.1, -0.05) is 0 Å². The molecule has 180 valence electrons. The monoisotopic (exact) mass is 476 g/mol. The molecule has 2 saturated heterocycles. The predicted molar refractivity (Wildman–Crippen MR) is 105 cm³/mol. The van der Waals surface area contributed by atoms with E-state index in [2.05, 4.69) is 4.98 Å². The van der Waals surface area contributed by atoms with Crippen molar-refractivity contribution in [2.75, 3.05) is 6.61 Å². The number of hydrogen-bond acceptors (Lipinski definition) is 5. The summed E-state index contributed by atoms with van der Waals surface area (Å²) >= 11 is 0. The molecule has 3 heterocycles. The number of hydroxylamine groups is 2. The third kappa shape index (κ3) is 5.29. The number of rotatable bonds is 6. The number of aromatic nitrogens is 1. The zero-order valence-electron chi connectivity index (χ0n) is 17.6. The summed E-state index contributed by atoms with van der Waals surface area (Å²) in [4.78, 5) is 9.53. The van der Waals surface area contributed by atoms with Crippen molar-refractivity contribution in [3.63, 3.8) is 0 Å². The van der Waals surface area contributed by atoms with Gasteiger partial charge in [-0.05, 0) is 44.0 Å². The van der Waals surface area contributed by atoms with E-state index in [0.29, 0.717) is 12.8 Å². The molecule has 2 aliphatic heterocycles. The minimum atomic E-state index is -4.49. The molecular weight excluding hydrogens is 454 g/mol. The zero-order valence-corrected chi connectivity index (χ0v) is 17.6. The molecular formula is C22H22F6N2O3. The van der Waals surface area contributed by atoms with Crippen LogP contribution in [0, 0.1) is 0 Å². The maximum Gasteiger partial charge on any atom is 0.417 e. The fourth-order valence-corrected chi connectivity index (χ4v) is 4.27. The van der Waals surface area contributed by atoms with E-state index in [0.717, 1.165) is 37.2 Å². The Morgan fingerprint density at radius 2 is 1.55 bits per heavy atom. The highest BCUT2D eigenvalue weighted by Gasteiger charge is 2.44. The van der Waals surface area contributed by atoms with Crippen molar-refractivity contribution in [3.05, 3.63) is 47.7 Å². The normalized spacial score (nSPS) is 23.4. The fourth-order valence-electron chi connectivity index (χ4n) is 4.27. The van der Waals surface area contributed by atoms with E-state index in [1.165, 1.54) is 12.1 Å². The smallest absolute Gasteiger partial charge is 0.417 e. The first kappa shape index (κ1) is 23.5. The standard InChI is InChI=1S/C22H22F6N2O3/c1-2-31-19-9-13(21(23,24)25)3-7-18(19)32-17-10-15-5-6-16(11-17)30(15)33-20-8-4-14(12-29-20)22(26,27)28/h3-4,7-9,12,15-17H,2,5-6,10-11H2,1H3/t15-,16-/m1/s1. The fraction of sp³-hybridized carbons (Fsp3) is 0.500. The van der Waals surface area contributed by atoms with Crippen LogP contribution in [0.4, 0.5) is 26.3 Å². The third-order valence-electron chi connectivity index (χ3n) is 5.75. The van der Waals surface area contributed by atoms with Gasteiger partial charge in [0, 0.05) is 37.2 Å². The summed E-state index contributed by atoms with van der Waals surface area (Å²) < 4.78 is 88.7. The molecule has 2 bridgehead atoms. The molecule has 0 saturated carbocycles. The van der Waals surface area contributed by atoms with Crippen molar-refractivity contribution in [1.29, 1.82) is 0 Å². The van der Waals surface area contributed by atoms with Gasteiger partial charge >= 0.3 is 12.4 Å². The number of nitrogens with zero attached hydrogens (tertiary/aromatic N) is 2. The molecule has 5 nitrogen and oxygen atoms in total. The molecule has 2 aliphatic rings. The van der Waals surface area contributed by atoms with Crippen LogP contribution >= 0.6 is 0 Å². The van der Waals surface area contributed by atoms with Crippen LogP contribution in [0.5, 0.6) is 17.4 Å². The second kappa shape index (κ2) is 8.92. The molecule has 1 aromatic heterocycles. The minimum absolute atomic E-state index is 0.0345. The Balaban J connectivity index is 1.42. The average Bonchev–Trinajstić information content (AvgIpc) is 2.96.